The molecular weight excluding hydrogens is 414 g/mol. The van der Waals surface area contributed by atoms with Crippen molar-refractivity contribution in [3.05, 3.63) is 75.8 Å². The van der Waals surface area contributed by atoms with Gasteiger partial charge in [0, 0.05) is 30.0 Å². The second-order valence-electron chi connectivity index (χ2n) is 8.34. The van der Waals surface area contributed by atoms with E-state index in [2.05, 4.69) is 5.32 Å². The van der Waals surface area contributed by atoms with Crippen molar-refractivity contribution in [1.82, 2.24) is 10.2 Å². The normalized spacial score (nSPS) is 12.1. The van der Waals surface area contributed by atoms with Gasteiger partial charge in [0.05, 0.1) is 10.7 Å². The molecule has 0 spiro atoms. The topological polar surface area (TPSA) is 92.6 Å². The lowest BCUT2D eigenvalue weighted by atomic mass is 10.1. The standard InChI is InChI=1S/C23H29N3O4S/c1-17(22(28)24-23(2,3)4)25(14-18-8-6-5-7-9-18)21(27)16-31-15-19-10-12-20(13-11-19)26(29)30/h5-13,17H,14-16H2,1-4H3,(H,24,28)/t17-/m1/s1. The van der Waals surface area contributed by atoms with Crippen LogP contribution in [-0.2, 0) is 21.9 Å². The largest absolute Gasteiger partial charge is 0.350 e. The predicted molar refractivity (Wildman–Crippen MR) is 124 cm³/mol. The lowest BCUT2D eigenvalue weighted by Crippen LogP contribution is -2.52. The van der Waals surface area contributed by atoms with E-state index in [-0.39, 0.29) is 23.3 Å². The maximum atomic E-state index is 13.0. The fourth-order valence-electron chi connectivity index (χ4n) is 2.89. The number of nitrogens with one attached hydrogen (secondary N) is 1. The third kappa shape index (κ3) is 8.05. The Morgan fingerprint density at radius 2 is 1.68 bits per heavy atom. The number of nitro benzene ring substituents is 1. The fraction of sp³-hybridized carbons (Fsp3) is 0.391. The molecule has 2 aromatic carbocycles. The minimum Gasteiger partial charge on any atom is -0.350 e. The average Bonchev–Trinajstić information content (AvgIpc) is 2.71. The highest BCUT2D eigenvalue weighted by atomic mass is 32.2. The van der Waals surface area contributed by atoms with E-state index >= 15 is 0 Å². The molecule has 0 radical (unpaired) electrons. The number of nitro groups is 1. The summed E-state index contributed by atoms with van der Waals surface area (Å²) in [5.41, 5.74) is 1.50. The van der Waals surface area contributed by atoms with Crippen molar-refractivity contribution in [1.29, 1.82) is 0 Å². The van der Waals surface area contributed by atoms with Crippen LogP contribution in [0.4, 0.5) is 5.69 Å². The molecule has 0 heterocycles. The molecule has 0 bridgehead atoms. The zero-order valence-electron chi connectivity index (χ0n) is 18.3. The fourth-order valence-corrected chi connectivity index (χ4v) is 3.76. The molecule has 166 valence electrons. The van der Waals surface area contributed by atoms with E-state index in [0.29, 0.717) is 12.3 Å². The minimum absolute atomic E-state index is 0.0394. The van der Waals surface area contributed by atoms with Crippen molar-refractivity contribution in [2.24, 2.45) is 0 Å². The highest BCUT2D eigenvalue weighted by Gasteiger charge is 2.28. The zero-order chi connectivity index (χ0) is 23.0. The van der Waals surface area contributed by atoms with Crippen LogP contribution in [0.15, 0.2) is 54.6 Å². The number of non-ortho nitro benzene ring substituents is 1. The van der Waals surface area contributed by atoms with E-state index in [1.807, 2.05) is 51.1 Å². The summed E-state index contributed by atoms with van der Waals surface area (Å²) in [6.45, 7) is 7.79. The SMILES string of the molecule is C[C@H](C(=O)NC(C)(C)C)N(Cc1ccccc1)C(=O)CSCc1ccc([N+](=O)[O-])cc1. The molecular formula is C23H29N3O4S. The van der Waals surface area contributed by atoms with Crippen LogP contribution in [0, 0.1) is 10.1 Å². The Kier molecular flexibility index (Phi) is 8.62. The minimum atomic E-state index is -0.619. The molecule has 8 heteroatoms. The molecule has 0 aliphatic carbocycles. The maximum absolute atomic E-state index is 13.0. The summed E-state index contributed by atoms with van der Waals surface area (Å²) in [6, 6.07) is 15.3. The van der Waals surface area contributed by atoms with Gasteiger partial charge in [0.15, 0.2) is 0 Å². The van der Waals surface area contributed by atoms with Crippen LogP contribution >= 0.6 is 11.8 Å². The lowest BCUT2D eigenvalue weighted by Gasteiger charge is -2.31. The first-order chi connectivity index (χ1) is 14.6. The number of hydrogen-bond acceptors (Lipinski definition) is 5. The van der Waals surface area contributed by atoms with Crippen molar-refractivity contribution in [2.75, 3.05) is 5.75 Å². The molecule has 0 fully saturated rings. The molecule has 2 aromatic rings. The van der Waals surface area contributed by atoms with Gasteiger partial charge in [0.1, 0.15) is 6.04 Å². The first-order valence-corrected chi connectivity index (χ1v) is 11.2. The Morgan fingerprint density at radius 3 is 2.23 bits per heavy atom. The number of carbonyl (C=O) groups excluding carboxylic acids is 2. The number of amides is 2. The molecule has 1 atom stereocenters. The van der Waals surface area contributed by atoms with Crippen molar-refractivity contribution in [3.63, 3.8) is 0 Å². The van der Waals surface area contributed by atoms with E-state index in [1.54, 1.807) is 24.0 Å². The summed E-state index contributed by atoms with van der Waals surface area (Å²) in [7, 11) is 0. The molecule has 0 saturated carbocycles. The first-order valence-electron chi connectivity index (χ1n) is 10.0. The Bertz CT molecular complexity index is 895. The predicted octanol–water partition coefficient (Wildman–Crippen LogP) is 4.16. The van der Waals surface area contributed by atoms with E-state index in [9.17, 15) is 19.7 Å². The van der Waals surface area contributed by atoms with Crippen LogP contribution < -0.4 is 5.32 Å². The van der Waals surface area contributed by atoms with Crippen LogP contribution in [-0.4, -0.2) is 39.0 Å². The van der Waals surface area contributed by atoms with Crippen LogP contribution in [0.5, 0.6) is 0 Å². The molecule has 31 heavy (non-hydrogen) atoms. The van der Waals surface area contributed by atoms with E-state index in [4.69, 9.17) is 0 Å². The molecule has 2 amide bonds. The van der Waals surface area contributed by atoms with Gasteiger partial charge in [-0.3, -0.25) is 19.7 Å². The average molecular weight is 444 g/mol. The summed E-state index contributed by atoms with van der Waals surface area (Å²) in [5.74, 6) is 0.423. The van der Waals surface area contributed by atoms with Crippen molar-refractivity contribution in [2.45, 2.75) is 51.6 Å². The van der Waals surface area contributed by atoms with Crippen LogP contribution in [0.25, 0.3) is 0 Å². The van der Waals surface area contributed by atoms with Gasteiger partial charge in [-0.05, 0) is 38.8 Å². The van der Waals surface area contributed by atoms with Gasteiger partial charge < -0.3 is 10.2 Å². The highest BCUT2D eigenvalue weighted by Crippen LogP contribution is 2.19. The number of nitrogens with zero attached hydrogens (tertiary/aromatic N) is 2. The summed E-state index contributed by atoms with van der Waals surface area (Å²) in [5, 5.41) is 13.7. The number of rotatable bonds is 9. The number of benzene rings is 2. The van der Waals surface area contributed by atoms with Crippen molar-refractivity contribution in [3.8, 4) is 0 Å². The van der Waals surface area contributed by atoms with Gasteiger partial charge in [-0.2, -0.15) is 0 Å². The van der Waals surface area contributed by atoms with Gasteiger partial charge in [-0.15, -0.1) is 11.8 Å². The molecule has 7 nitrogen and oxygen atoms in total. The Balaban J connectivity index is 2.04. The van der Waals surface area contributed by atoms with Crippen molar-refractivity contribution < 1.29 is 14.5 Å². The second-order valence-corrected chi connectivity index (χ2v) is 9.32. The Hall–Kier alpha value is -2.87. The summed E-state index contributed by atoms with van der Waals surface area (Å²) in [4.78, 5) is 37.7. The van der Waals surface area contributed by atoms with E-state index in [1.165, 1.54) is 23.9 Å². The van der Waals surface area contributed by atoms with Gasteiger partial charge in [0.25, 0.3) is 5.69 Å². The lowest BCUT2D eigenvalue weighted by molar-refractivity contribution is -0.384. The van der Waals surface area contributed by atoms with Gasteiger partial charge in [0.2, 0.25) is 11.8 Å². The summed E-state index contributed by atoms with van der Waals surface area (Å²) in [6.07, 6.45) is 0. The molecule has 0 aliphatic rings. The van der Waals surface area contributed by atoms with Gasteiger partial charge in [-0.25, -0.2) is 0 Å². The van der Waals surface area contributed by atoms with E-state index in [0.717, 1.165) is 11.1 Å². The molecule has 0 saturated heterocycles. The third-order valence-electron chi connectivity index (χ3n) is 4.50. The molecule has 0 aromatic heterocycles. The van der Waals surface area contributed by atoms with Crippen LogP contribution in [0.2, 0.25) is 0 Å². The zero-order valence-corrected chi connectivity index (χ0v) is 19.1. The molecule has 0 aliphatic heterocycles. The Morgan fingerprint density at radius 1 is 1.06 bits per heavy atom. The van der Waals surface area contributed by atoms with Gasteiger partial charge >= 0.3 is 0 Å². The first kappa shape index (κ1) is 24.4. The molecule has 1 N–H and O–H groups in total. The second kappa shape index (κ2) is 10.9. The Labute approximate surface area is 187 Å². The molecule has 2 rings (SSSR count). The number of carbonyl (C=O) groups is 2. The highest BCUT2D eigenvalue weighted by molar-refractivity contribution is 7.99. The monoisotopic (exact) mass is 443 g/mol. The summed E-state index contributed by atoms with van der Waals surface area (Å²) >= 11 is 1.42. The van der Waals surface area contributed by atoms with Gasteiger partial charge in [-0.1, -0.05) is 42.5 Å². The third-order valence-corrected chi connectivity index (χ3v) is 5.49. The van der Waals surface area contributed by atoms with Crippen LogP contribution in [0.1, 0.15) is 38.8 Å². The van der Waals surface area contributed by atoms with Crippen LogP contribution in [0.3, 0.4) is 0 Å². The number of hydrogen-bond donors (Lipinski definition) is 1. The summed E-state index contributed by atoms with van der Waals surface area (Å²) < 4.78 is 0. The molecule has 0 unspecified atom stereocenters. The smallest absolute Gasteiger partial charge is 0.269 e. The number of thioether (sulfide) groups is 1. The van der Waals surface area contributed by atoms with Crippen molar-refractivity contribution >= 4 is 29.3 Å². The van der Waals surface area contributed by atoms with E-state index < -0.39 is 16.5 Å². The quantitative estimate of drug-likeness (QED) is 0.464. The maximum Gasteiger partial charge on any atom is 0.269 e.